The molecule has 1 atom stereocenters. The first-order valence-corrected chi connectivity index (χ1v) is 8.44. The Kier molecular flexibility index (Phi) is 5.61. The van der Waals surface area contributed by atoms with Crippen molar-refractivity contribution in [3.8, 4) is 0 Å². The number of nitrogens with one attached hydrogen (secondary N) is 1. The fourth-order valence-electron chi connectivity index (χ4n) is 2.29. The maximum Gasteiger partial charge on any atom is 0.0334 e. The van der Waals surface area contributed by atoms with Gasteiger partial charge in [-0.2, -0.15) is 11.3 Å². The summed E-state index contributed by atoms with van der Waals surface area (Å²) in [5.74, 6) is 0. The lowest BCUT2D eigenvalue weighted by molar-refractivity contribution is 0.514. The van der Waals surface area contributed by atoms with Crippen molar-refractivity contribution in [2.75, 3.05) is 6.54 Å². The van der Waals surface area contributed by atoms with Gasteiger partial charge in [-0.1, -0.05) is 40.5 Å². The van der Waals surface area contributed by atoms with Crippen LogP contribution in [0.2, 0.25) is 0 Å². The van der Waals surface area contributed by atoms with Crippen LogP contribution in [0.4, 0.5) is 0 Å². The van der Waals surface area contributed by atoms with E-state index >= 15 is 0 Å². The maximum absolute atomic E-state index is 3.68. The SMILES string of the molecule is CCNC(CCc1ccsc1)c1cc(C)ccc1Br. The Morgan fingerprint density at radius 3 is 2.84 bits per heavy atom. The quantitative estimate of drug-likeness (QED) is 0.772. The number of benzene rings is 1. The van der Waals surface area contributed by atoms with Gasteiger partial charge in [0.25, 0.3) is 0 Å². The van der Waals surface area contributed by atoms with Gasteiger partial charge in [-0.3, -0.25) is 0 Å². The van der Waals surface area contributed by atoms with Gasteiger partial charge in [0.1, 0.15) is 0 Å². The van der Waals surface area contributed by atoms with E-state index in [-0.39, 0.29) is 0 Å². The molecule has 0 aliphatic rings. The van der Waals surface area contributed by atoms with Crippen LogP contribution in [0, 0.1) is 6.92 Å². The second kappa shape index (κ2) is 7.22. The average molecular weight is 338 g/mol. The summed E-state index contributed by atoms with van der Waals surface area (Å²) < 4.78 is 1.20. The highest BCUT2D eigenvalue weighted by Crippen LogP contribution is 2.28. The van der Waals surface area contributed by atoms with Gasteiger partial charge in [-0.05, 0) is 60.3 Å². The molecule has 0 amide bonds. The summed E-state index contributed by atoms with van der Waals surface area (Å²) in [6, 6.07) is 9.22. The molecular formula is C16H20BrNS. The molecule has 0 aliphatic carbocycles. The minimum Gasteiger partial charge on any atom is -0.310 e. The first-order chi connectivity index (χ1) is 9.20. The summed E-state index contributed by atoms with van der Waals surface area (Å²) in [4.78, 5) is 0. The summed E-state index contributed by atoms with van der Waals surface area (Å²) in [5, 5.41) is 8.00. The molecule has 1 N–H and O–H groups in total. The molecule has 0 saturated carbocycles. The van der Waals surface area contributed by atoms with Gasteiger partial charge in [-0.25, -0.2) is 0 Å². The van der Waals surface area contributed by atoms with Crippen molar-refractivity contribution < 1.29 is 0 Å². The van der Waals surface area contributed by atoms with Gasteiger partial charge >= 0.3 is 0 Å². The standard InChI is InChI=1S/C16H20BrNS/c1-3-18-16(7-5-13-8-9-19-11-13)14-10-12(2)4-6-15(14)17/h4,6,8-11,16,18H,3,5,7H2,1-2H3. The van der Waals surface area contributed by atoms with Gasteiger partial charge in [0, 0.05) is 10.5 Å². The van der Waals surface area contributed by atoms with Crippen LogP contribution in [0.25, 0.3) is 0 Å². The van der Waals surface area contributed by atoms with Crippen LogP contribution >= 0.6 is 27.3 Å². The van der Waals surface area contributed by atoms with Crippen LogP contribution in [-0.2, 0) is 6.42 Å². The zero-order valence-electron chi connectivity index (χ0n) is 11.4. The number of halogens is 1. The lowest BCUT2D eigenvalue weighted by Gasteiger charge is -2.20. The maximum atomic E-state index is 3.68. The number of hydrogen-bond donors (Lipinski definition) is 1. The molecule has 0 radical (unpaired) electrons. The Bertz CT molecular complexity index is 507. The molecule has 2 rings (SSSR count). The molecule has 3 heteroatoms. The first-order valence-electron chi connectivity index (χ1n) is 6.71. The highest BCUT2D eigenvalue weighted by Gasteiger charge is 2.13. The summed E-state index contributed by atoms with van der Waals surface area (Å²) in [6.45, 7) is 5.31. The van der Waals surface area contributed by atoms with E-state index in [0.717, 1.165) is 19.4 Å². The molecule has 19 heavy (non-hydrogen) atoms. The number of hydrogen-bond acceptors (Lipinski definition) is 2. The van der Waals surface area contributed by atoms with E-state index in [1.54, 1.807) is 11.3 Å². The lowest BCUT2D eigenvalue weighted by atomic mass is 9.98. The van der Waals surface area contributed by atoms with E-state index in [1.165, 1.54) is 21.2 Å². The second-order valence-corrected chi connectivity index (χ2v) is 6.44. The molecule has 0 spiro atoms. The molecule has 1 heterocycles. The molecule has 102 valence electrons. The second-order valence-electron chi connectivity index (χ2n) is 4.81. The predicted octanol–water partition coefficient (Wildman–Crippen LogP) is 5.10. The molecule has 1 aromatic heterocycles. The molecule has 1 unspecified atom stereocenters. The van der Waals surface area contributed by atoms with Crippen molar-refractivity contribution in [3.63, 3.8) is 0 Å². The van der Waals surface area contributed by atoms with Crippen LogP contribution in [0.1, 0.15) is 36.1 Å². The zero-order chi connectivity index (χ0) is 13.7. The van der Waals surface area contributed by atoms with Crippen molar-refractivity contribution in [3.05, 3.63) is 56.2 Å². The van der Waals surface area contributed by atoms with Gasteiger partial charge in [0.2, 0.25) is 0 Å². The average Bonchev–Trinajstić information content (AvgIpc) is 2.91. The molecule has 0 fully saturated rings. The third-order valence-electron chi connectivity index (χ3n) is 3.28. The Morgan fingerprint density at radius 1 is 1.32 bits per heavy atom. The van der Waals surface area contributed by atoms with Gasteiger partial charge < -0.3 is 5.32 Å². The van der Waals surface area contributed by atoms with Gasteiger partial charge in [0.15, 0.2) is 0 Å². The first kappa shape index (κ1) is 14.8. The summed E-state index contributed by atoms with van der Waals surface area (Å²) in [6.07, 6.45) is 2.26. The van der Waals surface area contributed by atoms with Crippen molar-refractivity contribution in [1.82, 2.24) is 5.32 Å². The van der Waals surface area contributed by atoms with Crippen molar-refractivity contribution in [2.24, 2.45) is 0 Å². The van der Waals surface area contributed by atoms with Crippen molar-refractivity contribution >= 4 is 27.3 Å². The molecule has 2 aromatic rings. The van der Waals surface area contributed by atoms with Gasteiger partial charge in [0.05, 0.1) is 0 Å². The monoisotopic (exact) mass is 337 g/mol. The fourth-order valence-corrected chi connectivity index (χ4v) is 3.52. The Hall–Kier alpha value is -0.640. The lowest BCUT2D eigenvalue weighted by Crippen LogP contribution is -2.22. The van der Waals surface area contributed by atoms with E-state index in [1.807, 2.05) is 0 Å². The predicted molar refractivity (Wildman–Crippen MR) is 87.9 cm³/mol. The van der Waals surface area contributed by atoms with Crippen LogP contribution in [-0.4, -0.2) is 6.54 Å². The zero-order valence-corrected chi connectivity index (χ0v) is 13.9. The van der Waals surface area contributed by atoms with Crippen molar-refractivity contribution in [1.29, 1.82) is 0 Å². The van der Waals surface area contributed by atoms with E-state index in [9.17, 15) is 0 Å². The Balaban J connectivity index is 2.12. The fraction of sp³-hybridized carbons (Fsp3) is 0.375. The molecule has 1 aromatic carbocycles. The van der Waals surface area contributed by atoms with Gasteiger partial charge in [-0.15, -0.1) is 0 Å². The number of aryl methyl sites for hydroxylation is 2. The normalized spacial score (nSPS) is 12.6. The third-order valence-corrected chi connectivity index (χ3v) is 4.73. The minimum atomic E-state index is 0.416. The summed E-state index contributed by atoms with van der Waals surface area (Å²) in [5.41, 5.74) is 4.13. The highest BCUT2D eigenvalue weighted by molar-refractivity contribution is 9.10. The summed E-state index contributed by atoms with van der Waals surface area (Å²) in [7, 11) is 0. The van der Waals surface area contributed by atoms with E-state index in [2.05, 4.69) is 70.1 Å². The molecule has 0 saturated heterocycles. The van der Waals surface area contributed by atoms with Crippen molar-refractivity contribution in [2.45, 2.75) is 32.7 Å². The highest BCUT2D eigenvalue weighted by atomic mass is 79.9. The van der Waals surface area contributed by atoms with Crippen LogP contribution < -0.4 is 5.32 Å². The summed E-state index contributed by atoms with van der Waals surface area (Å²) >= 11 is 5.46. The van der Waals surface area contributed by atoms with E-state index < -0.39 is 0 Å². The molecule has 1 nitrogen and oxygen atoms in total. The minimum absolute atomic E-state index is 0.416. The molecule has 0 aliphatic heterocycles. The van der Waals surface area contributed by atoms with E-state index in [4.69, 9.17) is 0 Å². The largest absolute Gasteiger partial charge is 0.310 e. The van der Waals surface area contributed by atoms with Crippen LogP contribution in [0.5, 0.6) is 0 Å². The third kappa shape index (κ3) is 4.16. The number of rotatable bonds is 6. The van der Waals surface area contributed by atoms with Crippen LogP contribution in [0.3, 0.4) is 0 Å². The Morgan fingerprint density at radius 2 is 2.16 bits per heavy atom. The molecular weight excluding hydrogens is 318 g/mol. The van der Waals surface area contributed by atoms with Crippen LogP contribution in [0.15, 0.2) is 39.5 Å². The Labute approximate surface area is 128 Å². The number of thiophene rings is 1. The smallest absolute Gasteiger partial charge is 0.0334 e. The molecule has 0 bridgehead atoms. The topological polar surface area (TPSA) is 12.0 Å². The van der Waals surface area contributed by atoms with E-state index in [0.29, 0.717) is 6.04 Å².